The minimum atomic E-state index is -0.260. The van der Waals surface area contributed by atoms with Gasteiger partial charge in [0.15, 0.2) is 0 Å². The van der Waals surface area contributed by atoms with Gasteiger partial charge in [0.1, 0.15) is 0 Å². The van der Waals surface area contributed by atoms with E-state index < -0.39 is 0 Å². The fourth-order valence-electron chi connectivity index (χ4n) is 10.9. The lowest BCUT2D eigenvalue weighted by Gasteiger charge is -2.32. The Kier molecular flexibility index (Phi) is 9.76. The molecule has 11 aromatic rings. The third-order valence-electron chi connectivity index (χ3n) is 14.1. The molecule has 0 saturated heterocycles. The number of benzene rings is 11. The monoisotopic (exact) mass is 841 g/mol. The Balaban J connectivity index is 0.945. The summed E-state index contributed by atoms with van der Waals surface area (Å²) in [6.45, 7) is 2.34. The van der Waals surface area contributed by atoms with Crippen LogP contribution < -0.4 is 4.90 Å². The summed E-state index contributed by atoms with van der Waals surface area (Å²) in [5, 5.41) is 5.02. The van der Waals surface area contributed by atoms with Crippen LogP contribution in [0.1, 0.15) is 30.0 Å². The topological polar surface area (TPSA) is 3.24 Å². The molecule has 1 heteroatoms. The van der Waals surface area contributed by atoms with Crippen LogP contribution in [0.2, 0.25) is 0 Å². The number of nitrogens with zero attached hydrogens (tertiary/aromatic N) is 1. The van der Waals surface area contributed by atoms with Gasteiger partial charge in [-0.25, -0.2) is 0 Å². The highest BCUT2D eigenvalue weighted by Crippen LogP contribution is 2.57. The molecule has 11 aromatic carbocycles. The zero-order chi connectivity index (χ0) is 44.0. The number of fused-ring (bicyclic) bond motifs is 5. The largest absolute Gasteiger partial charge is 0.311 e. The number of hydrogen-bond acceptors (Lipinski definition) is 1. The van der Waals surface area contributed by atoms with E-state index >= 15 is 0 Å². The van der Waals surface area contributed by atoms with E-state index in [1.807, 2.05) is 0 Å². The fourth-order valence-corrected chi connectivity index (χ4v) is 10.9. The molecular weight excluding hydrogens is 795 g/mol. The Hall–Kier alpha value is -8.26. The van der Waals surface area contributed by atoms with E-state index in [9.17, 15) is 0 Å². The van der Waals surface area contributed by atoms with Crippen molar-refractivity contribution in [1.29, 1.82) is 0 Å². The third-order valence-corrected chi connectivity index (χ3v) is 14.1. The standard InChI is InChI=1S/C65H47N/c1-2-65(52-37-29-46(30-38-52)45-15-4-3-5-16-45)62-27-11-10-23-61(62)64-60(26-14-28-63(64)65)51-35-43-55(44-36-51)66(53-39-31-49(32-40-53)58-24-12-19-47-17-6-8-21-56(47)58)54-41-33-50(34-42-54)59-25-13-20-48-18-7-9-22-57(48)59/h3-44H,2H2,1H3. The Labute approximate surface area is 387 Å². The van der Waals surface area contributed by atoms with Gasteiger partial charge in [0.05, 0.1) is 0 Å². The van der Waals surface area contributed by atoms with Crippen molar-refractivity contribution in [1.82, 2.24) is 0 Å². The van der Waals surface area contributed by atoms with Gasteiger partial charge < -0.3 is 4.90 Å². The average molecular weight is 842 g/mol. The quantitative estimate of drug-likeness (QED) is 0.140. The summed E-state index contributed by atoms with van der Waals surface area (Å²) in [6.07, 6.45) is 0.956. The molecule has 0 bridgehead atoms. The summed E-state index contributed by atoms with van der Waals surface area (Å²) < 4.78 is 0. The van der Waals surface area contributed by atoms with Crippen molar-refractivity contribution in [2.75, 3.05) is 4.90 Å². The SMILES string of the molecule is CCC1(c2ccc(-c3ccccc3)cc2)c2ccccc2-c2c(-c3ccc(N(c4ccc(-c5cccc6ccccc56)cc4)c4ccc(-c5cccc6ccccc56)cc4)cc3)cccc21. The predicted molar refractivity (Wildman–Crippen MR) is 280 cm³/mol. The maximum Gasteiger partial charge on any atom is 0.0462 e. The molecule has 1 aliphatic carbocycles. The van der Waals surface area contributed by atoms with Gasteiger partial charge in [-0.3, -0.25) is 0 Å². The van der Waals surface area contributed by atoms with Crippen molar-refractivity contribution in [3.8, 4) is 55.6 Å². The molecule has 0 aliphatic heterocycles. The highest BCUT2D eigenvalue weighted by Gasteiger charge is 2.44. The number of rotatable bonds is 9. The van der Waals surface area contributed by atoms with Crippen molar-refractivity contribution >= 4 is 38.6 Å². The van der Waals surface area contributed by atoms with E-state index in [0.29, 0.717) is 0 Å². The molecule has 12 rings (SSSR count). The molecule has 1 nitrogen and oxygen atoms in total. The lowest BCUT2D eigenvalue weighted by Crippen LogP contribution is -2.25. The summed E-state index contributed by atoms with van der Waals surface area (Å²) in [5.41, 5.74) is 19.6. The van der Waals surface area contributed by atoms with Gasteiger partial charge in [0.25, 0.3) is 0 Å². The molecular formula is C65H47N. The molecule has 0 radical (unpaired) electrons. The molecule has 0 heterocycles. The molecule has 1 unspecified atom stereocenters. The van der Waals surface area contributed by atoms with Crippen LogP contribution in [-0.2, 0) is 5.41 Å². The summed E-state index contributed by atoms with van der Waals surface area (Å²) in [5.74, 6) is 0. The van der Waals surface area contributed by atoms with Gasteiger partial charge in [-0.1, -0.05) is 225 Å². The molecule has 0 saturated carbocycles. The van der Waals surface area contributed by atoms with E-state index in [0.717, 1.165) is 23.5 Å². The van der Waals surface area contributed by atoms with E-state index in [-0.39, 0.29) is 5.41 Å². The minimum absolute atomic E-state index is 0.260. The Morgan fingerprint density at radius 3 is 1.26 bits per heavy atom. The van der Waals surface area contributed by atoms with Gasteiger partial charge >= 0.3 is 0 Å². The highest BCUT2D eigenvalue weighted by molar-refractivity contribution is 5.99. The van der Waals surface area contributed by atoms with E-state index in [2.05, 4.69) is 267 Å². The van der Waals surface area contributed by atoms with Gasteiger partial charge in [-0.2, -0.15) is 0 Å². The van der Waals surface area contributed by atoms with Crippen molar-refractivity contribution < 1.29 is 0 Å². The Bertz CT molecular complexity index is 3400. The first-order valence-corrected chi connectivity index (χ1v) is 23.1. The summed E-state index contributed by atoms with van der Waals surface area (Å²) >= 11 is 0. The van der Waals surface area contributed by atoms with Gasteiger partial charge in [0.2, 0.25) is 0 Å². The smallest absolute Gasteiger partial charge is 0.0462 e. The summed E-state index contributed by atoms with van der Waals surface area (Å²) in [7, 11) is 0. The molecule has 312 valence electrons. The van der Waals surface area contributed by atoms with E-state index in [4.69, 9.17) is 0 Å². The predicted octanol–water partition coefficient (Wildman–Crippen LogP) is 17.9. The van der Waals surface area contributed by atoms with Crippen LogP contribution in [0.15, 0.2) is 255 Å². The van der Waals surface area contributed by atoms with Crippen LogP contribution in [0.4, 0.5) is 17.1 Å². The molecule has 0 spiro atoms. The fraction of sp³-hybridized carbons (Fsp3) is 0.0462. The maximum absolute atomic E-state index is 2.38. The van der Waals surface area contributed by atoms with Crippen molar-refractivity contribution in [3.05, 3.63) is 271 Å². The van der Waals surface area contributed by atoms with Crippen LogP contribution in [0.5, 0.6) is 0 Å². The zero-order valence-corrected chi connectivity index (χ0v) is 36.9. The highest BCUT2D eigenvalue weighted by atomic mass is 15.1. The Morgan fingerprint density at radius 1 is 0.303 bits per heavy atom. The average Bonchev–Trinajstić information content (AvgIpc) is 3.70. The second-order valence-corrected chi connectivity index (χ2v) is 17.5. The van der Waals surface area contributed by atoms with Crippen molar-refractivity contribution in [2.24, 2.45) is 0 Å². The van der Waals surface area contributed by atoms with Crippen molar-refractivity contribution in [2.45, 2.75) is 18.8 Å². The molecule has 1 aliphatic rings. The molecule has 1 atom stereocenters. The molecule has 0 amide bonds. The molecule has 0 fully saturated rings. The van der Waals surface area contributed by atoms with Crippen molar-refractivity contribution in [3.63, 3.8) is 0 Å². The van der Waals surface area contributed by atoms with Crippen LogP contribution in [0.25, 0.3) is 77.2 Å². The van der Waals surface area contributed by atoms with Crippen LogP contribution >= 0.6 is 0 Å². The second kappa shape index (κ2) is 16.4. The number of anilines is 3. The van der Waals surface area contributed by atoms with Crippen LogP contribution in [-0.4, -0.2) is 0 Å². The minimum Gasteiger partial charge on any atom is -0.311 e. The lowest BCUT2D eigenvalue weighted by molar-refractivity contribution is 0.609. The lowest BCUT2D eigenvalue weighted by atomic mass is 9.70. The first kappa shape index (κ1) is 39.3. The second-order valence-electron chi connectivity index (χ2n) is 17.5. The van der Waals surface area contributed by atoms with E-state index in [1.165, 1.54) is 93.9 Å². The number of hydrogen-bond donors (Lipinski definition) is 0. The zero-order valence-electron chi connectivity index (χ0n) is 36.9. The first-order chi connectivity index (χ1) is 32.7. The maximum atomic E-state index is 2.38. The molecule has 0 aromatic heterocycles. The van der Waals surface area contributed by atoms with E-state index in [1.54, 1.807) is 0 Å². The first-order valence-electron chi connectivity index (χ1n) is 23.1. The summed E-state index contributed by atoms with van der Waals surface area (Å²) in [6, 6.07) is 93.8. The Morgan fingerprint density at radius 2 is 0.697 bits per heavy atom. The van der Waals surface area contributed by atoms with Gasteiger partial charge in [-0.05, 0) is 137 Å². The normalized spacial score (nSPS) is 14.0. The van der Waals surface area contributed by atoms with Crippen LogP contribution in [0, 0.1) is 0 Å². The molecule has 0 N–H and O–H groups in total. The van der Waals surface area contributed by atoms with Crippen LogP contribution in [0.3, 0.4) is 0 Å². The summed E-state index contributed by atoms with van der Waals surface area (Å²) in [4.78, 5) is 2.38. The van der Waals surface area contributed by atoms with Gasteiger partial charge in [0, 0.05) is 22.5 Å². The third kappa shape index (κ3) is 6.55. The van der Waals surface area contributed by atoms with Gasteiger partial charge in [-0.15, -0.1) is 0 Å². The molecule has 66 heavy (non-hydrogen) atoms.